The second kappa shape index (κ2) is 8.24. The molecular formula is C15H26ClN3O4S. The van der Waals surface area contributed by atoms with Crippen LogP contribution >= 0.6 is 12.4 Å². The van der Waals surface area contributed by atoms with E-state index >= 15 is 0 Å². The van der Waals surface area contributed by atoms with Gasteiger partial charge >= 0.3 is 0 Å². The van der Waals surface area contributed by atoms with E-state index in [2.05, 4.69) is 4.72 Å². The first-order valence-electron chi connectivity index (χ1n) is 7.42. The molecule has 0 aliphatic rings. The Bertz CT molecular complexity index is 707. The van der Waals surface area contributed by atoms with E-state index in [1.54, 1.807) is 26.8 Å². The largest absolute Gasteiger partial charge is 0.329 e. The molecule has 1 aromatic rings. The Labute approximate surface area is 149 Å². The molecule has 0 heterocycles. The van der Waals surface area contributed by atoms with E-state index < -0.39 is 26.2 Å². The molecule has 0 spiro atoms. The first kappa shape index (κ1) is 22.8. The van der Waals surface area contributed by atoms with Gasteiger partial charge in [0.2, 0.25) is 10.0 Å². The summed E-state index contributed by atoms with van der Waals surface area (Å²) in [6, 6.07) is 2.77. The van der Waals surface area contributed by atoms with Gasteiger partial charge in [-0.25, -0.2) is 13.1 Å². The van der Waals surface area contributed by atoms with Crippen LogP contribution in [0.5, 0.6) is 0 Å². The van der Waals surface area contributed by atoms with Crippen molar-refractivity contribution in [3.8, 4) is 0 Å². The molecule has 0 amide bonds. The summed E-state index contributed by atoms with van der Waals surface area (Å²) >= 11 is 0. The molecule has 1 unspecified atom stereocenters. The summed E-state index contributed by atoms with van der Waals surface area (Å²) in [7, 11) is -4.08. The lowest BCUT2D eigenvalue weighted by Gasteiger charge is -2.31. The quantitative estimate of drug-likeness (QED) is 0.558. The maximum atomic E-state index is 12.8. The maximum absolute atomic E-state index is 12.8. The van der Waals surface area contributed by atoms with E-state index in [0.29, 0.717) is 17.5 Å². The number of hydrogen-bond donors (Lipinski definition) is 2. The fourth-order valence-electron chi connectivity index (χ4n) is 2.70. The van der Waals surface area contributed by atoms with Gasteiger partial charge in [0.15, 0.2) is 4.90 Å². The van der Waals surface area contributed by atoms with Crippen LogP contribution in [0.1, 0.15) is 38.3 Å². The van der Waals surface area contributed by atoms with Gasteiger partial charge in [-0.05, 0) is 44.2 Å². The molecule has 0 bridgehead atoms. The molecule has 0 aromatic heterocycles. The van der Waals surface area contributed by atoms with Crippen molar-refractivity contribution in [2.24, 2.45) is 11.7 Å². The first-order chi connectivity index (χ1) is 10.4. The molecule has 3 N–H and O–H groups in total. The Kier molecular flexibility index (Phi) is 7.82. The van der Waals surface area contributed by atoms with Crippen LogP contribution in [-0.2, 0) is 10.0 Å². The van der Waals surface area contributed by atoms with Gasteiger partial charge in [0.05, 0.1) is 4.92 Å². The predicted octanol–water partition coefficient (Wildman–Crippen LogP) is 2.68. The number of nitrogens with two attached hydrogens (primary N) is 1. The second-order valence-corrected chi connectivity index (χ2v) is 8.20. The lowest BCUT2D eigenvalue weighted by Crippen LogP contribution is -2.52. The Morgan fingerprint density at radius 1 is 1.33 bits per heavy atom. The topological polar surface area (TPSA) is 115 Å². The molecule has 0 aliphatic carbocycles. The molecule has 24 heavy (non-hydrogen) atoms. The monoisotopic (exact) mass is 379 g/mol. The van der Waals surface area contributed by atoms with Gasteiger partial charge in [0.1, 0.15) is 0 Å². The molecule has 0 radical (unpaired) electrons. The number of nitrogens with one attached hydrogen (secondary N) is 1. The standard InChI is InChI=1S/C15H25N3O4S.ClH/c1-10(2)8-15(5,9-16)17-23(21,22)14-12(4)11(3)6-7-13(14)18(19)20;/h6-7,10,17H,8-9,16H2,1-5H3;1H. The lowest BCUT2D eigenvalue weighted by atomic mass is 9.92. The number of nitrogens with zero attached hydrogens (tertiary/aromatic N) is 1. The predicted molar refractivity (Wildman–Crippen MR) is 97.1 cm³/mol. The summed E-state index contributed by atoms with van der Waals surface area (Å²) in [6.45, 7) is 9.02. The van der Waals surface area contributed by atoms with Crippen molar-refractivity contribution < 1.29 is 13.3 Å². The van der Waals surface area contributed by atoms with E-state index in [0.717, 1.165) is 0 Å². The summed E-state index contributed by atoms with van der Waals surface area (Å²) in [5.41, 5.74) is 5.50. The van der Waals surface area contributed by atoms with Crippen molar-refractivity contribution in [3.63, 3.8) is 0 Å². The van der Waals surface area contributed by atoms with Crippen LogP contribution in [0, 0.1) is 29.9 Å². The first-order valence-corrected chi connectivity index (χ1v) is 8.90. The molecule has 9 heteroatoms. The molecule has 1 atom stereocenters. The maximum Gasteiger partial charge on any atom is 0.289 e. The average Bonchev–Trinajstić information content (AvgIpc) is 2.39. The summed E-state index contributed by atoms with van der Waals surface area (Å²) in [5.74, 6) is 0.222. The molecule has 138 valence electrons. The number of nitro groups is 1. The van der Waals surface area contributed by atoms with Crippen LogP contribution in [0.3, 0.4) is 0 Å². The van der Waals surface area contributed by atoms with E-state index in [-0.39, 0.29) is 29.8 Å². The Hall–Kier alpha value is -1.22. The Balaban J connectivity index is 0.00000529. The van der Waals surface area contributed by atoms with Crippen molar-refractivity contribution in [2.45, 2.75) is 51.5 Å². The fourth-order valence-corrected chi connectivity index (χ4v) is 4.60. The fraction of sp³-hybridized carbons (Fsp3) is 0.600. The molecule has 1 rings (SSSR count). The van der Waals surface area contributed by atoms with Gasteiger partial charge in [-0.2, -0.15) is 0 Å². The zero-order valence-corrected chi connectivity index (χ0v) is 16.3. The number of benzene rings is 1. The molecule has 7 nitrogen and oxygen atoms in total. The SMILES string of the molecule is Cc1ccc([N+](=O)[O-])c(S(=O)(=O)NC(C)(CN)CC(C)C)c1C.Cl. The van der Waals surface area contributed by atoms with E-state index in [1.165, 1.54) is 6.07 Å². The van der Waals surface area contributed by atoms with Gasteiger partial charge in [-0.15, -0.1) is 12.4 Å². The smallest absolute Gasteiger partial charge is 0.289 e. The van der Waals surface area contributed by atoms with E-state index in [1.807, 2.05) is 13.8 Å². The van der Waals surface area contributed by atoms with E-state index in [9.17, 15) is 18.5 Å². The highest BCUT2D eigenvalue weighted by molar-refractivity contribution is 7.89. The van der Waals surface area contributed by atoms with Crippen molar-refractivity contribution in [2.75, 3.05) is 6.54 Å². The van der Waals surface area contributed by atoms with Gasteiger partial charge in [-0.1, -0.05) is 19.9 Å². The van der Waals surface area contributed by atoms with Gasteiger partial charge < -0.3 is 5.73 Å². The number of nitro benzene ring substituents is 1. The highest BCUT2D eigenvalue weighted by atomic mass is 35.5. The molecule has 0 fully saturated rings. The number of sulfonamides is 1. The normalized spacial score (nSPS) is 14.1. The summed E-state index contributed by atoms with van der Waals surface area (Å²) < 4.78 is 28.2. The minimum atomic E-state index is -4.08. The van der Waals surface area contributed by atoms with Crippen LogP contribution < -0.4 is 10.5 Å². The van der Waals surface area contributed by atoms with Crippen molar-refractivity contribution in [1.82, 2.24) is 4.72 Å². The Morgan fingerprint density at radius 2 is 1.88 bits per heavy atom. The highest BCUT2D eigenvalue weighted by Crippen LogP contribution is 2.30. The number of rotatable bonds is 7. The van der Waals surface area contributed by atoms with Crippen LogP contribution in [0.4, 0.5) is 5.69 Å². The lowest BCUT2D eigenvalue weighted by molar-refractivity contribution is -0.387. The molecule has 0 saturated carbocycles. The minimum absolute atomic E-state index is 0. The Morgan fingerprint density at radius 3 is 2.29 bits per heavy atom. The third-order valence-electron chi connectivity index (χ3n) is 3.81. The van der Waals surface area contributed by atoms with Crippen molar-refractivity contribution >= 4 is 28.1 Å². The van der Waals surface area contributed by atoms with Crippen LogP contribution in [0.15, 0.2) is 17.0 Å². The van der Waals surface area contributed by atoms with Crippen molar-refractivity contribution in [3.05, 3.63) is 33.4 Å². The zero-order valence-electron chi connectivity index (χ0n) is 14.6. The highest BCUT2D eigenvalue weighted by Gasteiger charge is 2.35. The molecule has 0 aliphatic heterocycles. The number of hydrogen-bond acceptors (Lipinski definition) is 5. The summed E-state index contributed by atoms with van der Waals surface area (Å²) in [6.07, 6.45) is 0.529. The second-order valence-electron chi connectivity index (χ2n) is 6.58. The number of halogens is 1. The minimum Gasteiger partial charge on any atom is -0.329 e. The van der Waals surface area contributed by atoms with Gasteiger partial charge in [0.25, 0.3) is 5.69 Å². The van der Waals surface area contributed by atoms with Gasteiger partial charge in [-0.3, -0.25) is 10.1 Å². The molecular weight excluding hydrogens is 354 g/mol. The van der Waals surface area contributed by atoms with Crippen LogP contribution in [-0.4, -0.2) is 25.4 Å². The van der Waals surface area contributed by atoms with Crippen LogP contribution in [0.25, 0.3) is 0 Å². The van der Waals surface area contributed by atoms with Gasteiger partial charge in [0, 0.05) is 18.2 Å². The molecule has 0 saturated heterocycles. The molecule has 1 aromatic carbocycles. The summed E-state index contributed by atoms with van der Waals surface area (Å²) in [5, 5.41) is 11.2. The average molecular weight is 380 g/mol. The third-order valence-corrected chi connectivity index (χ3v) is 5.63. The third kappa shape index (κ3) is 5.14. The van der Waals surface area contributed by atoms with E-state index in [4.69, 9.17) is 5.73 Å². The summed E-state index contributed by atoms with van der Waals surface area (Å²) in [4.78, 5) is 10.3. The number of aryl methyl sites for hydroxylation is 1. The zero-order chi connectivity index (χ0) is 18.0. The van der Waals surface area contributed by atoms with Crippen LogP contribution in [0.2, 0.25) is 0 Å². The van der Waals surface area contributed by atoms with Crippen molar-refractivity contribution in [1.29, 1.82) is 0 Å².